The zero-order chi connectivity index (χ0) is 22.4. The second-order valence-corrected chi connectivity index (χ2v) is 7.33. The van der Waals surface area contributed by atoms with Crippen LogP contribution in [-0.2, 0) is 16.1 Å². The van der Waals surface area contributed by atoms with E-state index in [1.54, 1.807) is 17.0 Å². The van der Waals surface area contributed by atoms with Crippen LogP contribution in [0.15, 0.2) is 42.5 Å². The van der Waals surface area contributed by atoms with Crippen molar-refractivity contribution in [2.24, 2.45) is 0 Å². The molecule has 0 saturated heterocycles. The van der Waals surface area contributed by atoms with Crippen molar-refractivity contribution in [2.45, 2.75) is 32.7 Å². The molecule has 2 amide bonds. The Bertz CT molecular complexity index is 964. The van der Waals surface area contributed by atoms with Crippen LogP contribution < -0.4 is 9.64 Å². The van der Waals surface area contributed by atoms with Gasteiger partial charge in [0, 0.05) is 25.2 Å². The number of benzene rings is 2. The molecule has 0 saturated carbocycles. The second-order valence-electron chi connectivity index (χ2n) is 7.33. The number of rotatable bonds is 9. The minimum Gasteiger partial charge on any atom is -0.482 e. The number of nitro benzene ring substituents is 1. The molecule has 0 aliphatic carbocycles. The molecule has 0 fully saturated rings. The molecule has 0 aromatic heterocycles. The van der Waals surface area contributed by atoms with E-state index in [0.717, 1.165) is 24.8 Å². The van der Waals surface area contributed by atoms with Crippen molar-refractivity contribution < 1.29 is 23.6 Å². The summed E-state index contributed by atoms with van der Waals surface area (Å²) in [6, 6.07) is 9.87. The molecule has 0 atom stereocenters. The molecule has 0 unspecified atom stereocenters. The Labute approximate surface area is 179 Å². The third-order valence-corrected chi connectivity index (χ3v) is 5.06. The lowest BCUT2D eigenvalue weighted by atomic mass is 10.1. The Morgan fingerprint density at radius 1 is 1.23 bits per heavy atom. The zero-order valence-electron chi connectivity index (χ0n) is 17.3. The van der Waals surface area contributed by atoms with E-state index in [9.17, 15) is 24.1 Å². The van der Waals surface area contributed by atoms with Gasteiger partial charge in [-0.3, -0.25) is 24.6 Å². The van der Waals surface area contributed by atoms with Gasteiger partial charge in [0.2, 0.25) is 5.91 Å². The van der Waals surface area contributed by atoms with E-state index >= 15 is 0 Å². The molecule has 2 aromatic rings. The van der Waals surface area contributed by atoms with Crippen LogP contribution in [-0.4, -0.2) is 41.3 Å². The third kappa shape index (κ3) is 5.56. The van der Waals surface area contributed by atoms with Gasteiger partial charge in [0.1, 0.15) is 18.1 Å². The second kappa shape index (κ2) is 10.0. The number of ether oxygens (including phenoxy) is 1. The van der Waals surface area contributed by atoms with Crippen LogP contribution in [0, 0.1) is 15.9 Å². The number of fused-ring (bicyclic) bond motifs is 1. The number of hydrogen-bond donors (Lipinski definition) is 0. The average Bonchev–Trinajstić information content (AvgIpc) is 2.76. The van der Waals surface area contributed by atoms with Crippen LogP contribution in [0.3, 0.4) is 0 Å². The standard InChI is InChI=1S/C22H24FN3O5/c1-2-3-4-11-24(13-16-5-7-17(23)8-6-16)21(27)14-25-19-12-18(26(29)30)9-10-20(19)31-15-22(25)28/h5-10,12H,2-4,11,13-15H2,1H3. The predicted molar refractivity (Wildman–Crippen MR) is 112 cm³/mol. The average molecular weight is 429 g/mol. The van der Waals surface area contributed by atoms with Crippen LogP contribution in [0.4, 0.5) is 15.8 Å². The highest BCUT2D eigenvalue weighted by Gasteiger charge is 2.30. The highest BCUT2D eigenvalue weighted by atomic mass is 19.1. The molecule has 1 aliphatic heterocycles. The Morgan fingerprint density at radius 3 is 2.65 bits per heavy atom. The first kappa shape index (κ1) is 22.2. The van der Waals surface area contributed by atoms with Crippen molar-refractivity contribution >= 4 is 23.2 Å². The Morgan fingerprint density at radius 2 is 1.97 bits per heavy atom. The number of halogens is 1. The molecular weight excluding hydrogens is 405 g/mol. The van der Waals surface area contributed by atoms with Gasteiger partial charge in [0.15, 0.2) is 6.61 Å². The molecule has 8 nitrogen and oxygen atoms in total. The molecular formula is C22H24FN3O5. The summed E-state index contributed by atoms with van der Waals surface area (Å²) in [7, 11) is 0. The molecule has 31 heavy (non-hydrogen) atoms. The number of carbonyl (C=O) groups excluding carboxylic acids is 2. The third-order valence-electron chi connectivity index (χ3n) is 5.06. The van der Waals surface area contributed by atoms with Crippen LogP contribution >= 0.6 is 0 Å². The summed E-state index contributed by atoms with van der Waals surface area (Å²) in [5.41, 5.74) is 0.783. The largest absolute Gasteiger partial charge is 0.482 e. The molecule has 0 radical (unpaired) electrons. The SMILES string of the molecule is CCCCCN(Cc1ccc(F)cc1)C(=O)CN1C(=O)COc2ccc([N+](=O)[O-])cc21. The summed E-state index contributed by atoms with van der Waals surface area (Å²) in [4.78, 5) is 39.0. The molecule has 164 valence electrons. The minimum absolute atomic E-state index is 0.194. The van der Waals surface area contributed by atoms with Crippen molar-refractivity contribution in [3.63, 3.8) is 0 Å². The fourth-order valence-electron chi connectivity index (χ4n) is 3.37. The number of anilines is 1. The highest BCUT2D eigenvalue weighted by molar-refractivity contribution is 6.02. The lowest BCUT2D eigenvalue weighted by Crippen LogP contribution is -2.46. The Balaban J connectivity index is 1.81. The number of amides is 2. The molecule has 9 heteroatoms. The van der Waals surface area contributed by atoms with Gasteiger partial charge in [-0.1, -0.05) is 31.9 Å². The maximum atomic E-state index is 13.2. The molecule has 3 rings (SSSR count). The first-order valence-corrected chi connectivity index (χ1v) is 10.1. The van der Waals surface area contributed by atoms with E-state index in [0.29, 0.717) is 12.3 Å². The van der Waals surface area contributed by atoms with E-state index in [4.69, 9.17) is 4.74 Å². The number of nitrogens with zero attached hydrogens (tertiary/aromatic N) is 3. The van der Waals surface area contributed by atoms with Gasteiger partial charge in [0.05, 0.1) is 10.6 Å². The molecule has 0 bridgehead atoms. The number of hydrogen-bond acceptors (Lipinski definition) is 5. The van der Waals surface area contributed by atoms with Crippen molar-refractivity contribution in [2.75, 3.05) is 24.6 Å². The number of unbranched alkanes of at least 4 members (excludes halogenated alkanes) is 2. The Hall–Kier alpha value is -3.49. The fourth-order valence-corrected chi connectivity index (χ4v) is 3.37. The summed E-state index contributed by atoms with van der Waals surface area (Å²) in [5.74, 6) is -0.788. The van der Waals surface area contributed by atoms with Gasteiger partial charge in [-0.05, 0) is 30.2 Å². The lowest BCUT2D eigenvalue weighted by Gasteiger charge is -2.31. The first-order chi connectivity index (χ1) is 14.9. The quantitative estimate of drug-likeness (QED) is 0.344. The summed E-state index contributed by atoms with van der Waals surface area (Å²) in [6.45, 7) is 2.32. The van der Waals surface area contributed by atoms with Crippen LogP contribution in [0.25, 0.3) is 0 Å². The fraction of sp³-hybridized carbons (Fsp3) is 0.364. The van der Waals surface area contributed by atoms with Gasteiger partial charge >= 0.3 is 0 Å². The molecule has 0 spiro atoms. The van der Waals surface area contributed by atoms with E-state index < -0.39 is 10.8 Å². The minimum atomic E-state index is -0.565. The zero-order valence-corrected chi connectivity index (χ0v) is 17.3. The topological polar surface area (TPSA) is 93.0 Å². The predicted octanol–water partition coefficient (Wildman–Crippen LogP) is 3.68. The molecule has 1 heterocycles. The van der Waals surface area contributed by atoms with Crippen molar-refractivity contribution in [1.82, 2.24) is 4.90 Å². The lowest BCUT2D eigenvalue weighted by molar-refractivity contribution is -0.384. The Kier molecular flexibility index (Phi) is 7.17. The van der Waals surface area contributed by atoms with Gasteiger partial charge in [-0.2, -0.15) is 0 Å². The van der Waals surface area contributed by atoms with Gasteiger partial charge in [-0.25, -0.2) is 4.39 Å². The van der Waals surface area contributed by atoms with E-state index in [1.807, 2.05) is 0 Å². The van der Waals surface area contributed by atoms with E-state index in [1.165, 1.54) is 35.2 Å². The van der Waals surface area contributed by atoms with Crippen molar-refractivity contribution in [3.8, 4) is 5.75 Å². The van der Waals surface area contributed by atoms with E-state index in [-0.39, 0.29) is 42.8 Å². The first-order valence-electron chi connectivity index (χ1n) is 10.1. The maximum absolute atomic E-state index is 13.2. The summed E-state index contributed by atoms with van der Waals surface area (Å²) >= 11 is 0. The number of non-ortho nitro benzene ring substituents is 1. The number of carbonyl (C=O) groups is 2. The van der Waals surface area contributed by atoms with Gasteiger partial charge < -0.3 is 9.64 Å². The number of nitro groups is 1. The molecule has 0 N–H and O–H groups in total. The highest BCUT2D eigenvalue weighted by Crippen LogP contribution is 2.35. The van der Waals surface area contributed by atoms with Crippen molar-refractivity contribution in [1.29, 1.82) is 0 Å². The van der Waals surface area contributed by atoms with Crippen LogP contribution in [0.1, 0.15) is 31.7 Å². The van der Waals surface area contributed by atoms with Gasteiger partial charge in [0.25, 0.3) is 11.6 Å². The monoisotopic (exact) mass is 429 g/mol. The molecule has 2 aromatic carbocycles. The van der Waals surface area contributed by atoms with Crippen molar-refractivity contribution in [3.05, 3.63) is 64.0 Å². The summed E-state index contributed by atoms with van der Waals surface area (Å²) in [5, 5.41) is 11.1. The smallest absolute Gasteiger partial charge is 0.271 e. The van der Waals surface area contributed by atoms with E-state index in [2.05, 4.69) is 6.92 Å². The maximum Gasteiger partial charge on any atom is 0.271 e. The van der Waals surface area contributed by atoms with Gasteiger partial charge in [-0.15, -0.1) is 0 Å². The molecule has 1 aliphatic rings. The normalized spacial score (nSPS) is 12.8. The summed E-state index contributed by atoms with van der Waals surface area (Å²) in [6.07, 6.45) is 2.72. The van der Waals surface area contributed by atoms with Crippen LogP contribution in [0.5, 0.6) is 5.75 Å². The summed E-state index contributed by atoms with van der Waals surface area (Å²) < 4.78 is 18.6. The van der Waals surface area contributed by atoms with Crippen LogP contribution in [0.2, 0.25) is 0 Å².